The summed E-state index contributed by atoms with van der Waals surface area (Å²) < 4.78 is 0. The van der Waals surface area contributed by atoms with Gasteiger partial charge in [0.15, 0.2) is 0 Å². The molecule has 3 unspecified atom stereocenters. The third-order valence-electron chi connectivity index (χ3n) is 6.04. The molecule has 19 heavy (non-hydrogen) atoms. The van der Waals surface area contributed by atoms with E-state index in [4.69, 9.17) is 0 Å². The molecular weight excluding hydrogens is 232 g/mol. The average Bonchev–Trinajstić information content (AvgIpc) is 3.09. The molecule has 3 aliphatic rings. The summed E-state index contributed by atoms with van der Waals surface area (Å²) in [6, 6.07) is 1.61. The van der Waals surface area contributed by atoms with Crippen molar-refractivity contribution in [3.05, 3.63) is 0 Å². The summed E-state index contributed by atoms with van der Waals surface area (Å²) in [6.07, 6.45) is 14.4. The summed E-state index contributed by atoms with van der Waals surface area (Å²) >= 11 is 0. The van der Waals surface area contributed by atoms with Crippen molar-refractivity contribution in [3.8, 4) is 0 Å². The Morgan fingerprint density at radius 1 is 1.00 bits per heavy atom. The van der Waals surface area contributed by atoms with E-state index in [9.17, 15) is 0 Å². The normalized spacial score (nSPS) is 38.7. The maximum absolute atomic E-state index is 3.99. The van der Waals surface area contributed by atoms with Crippen LogP contribution < -0.4 is 10.6 Å². The van der Waals surface area contributed by atoms with Crippen LogP contribution >= 0.6 is 0 Å². The summed E-state index contributed by atoms with van der Waals surface area (Å²) in [5.41, 5.74) is 0.602. The van der Waals surface area contributed by atoms with E-state index >= 15 is 0 Å². The molecule has 0 bridgehead atoms. The Morgan fingerprint density at radius 3 is 2.53 bits per heavy atom. The van der Waals surface area contributed by atoms with Crippen molar-refractivity contribution < 1.29 is 0 Å². The van der Waals surface area contributed by atoms with Crippen molar-refractivity contribution in [3.63, 3.8) is 0 Å². The molecule has 1 saturated heterocycles. The van der Waals surface area contributed by atoms with Crippen molar-refractivity contribution in [2.75, 3.05) is 13.1 Å². The molecule has 0 aromatic rings. The zero-order valence-electron chi connectivity index (χ0n) is 12.7. The first-order valence-electron chi connectivity index (χ1n) is 8.74. The topological polar surface area (TPSA) is 24.1 Å². The minimum absolute atomic E-state index is 0.602. The van der Waals surface area contributed by atoms with Gasteiger partial charge >= 0.3 is 0 Å². The molecule has 1 aliphatic heterocycles. The van der Waals surface area contributed by atoms with Crippen LogP contribution in [0.4, 0.5) is 0 Å². The van der Waals surface area contributed by atoms with E-state index in [-0.39, 0.29) is 0 Å². The van der Waals surface area contributed by atoms with Gasteiger partial charge in [-0.25, -0.2) is 0 Å². The number of nitrogens with one attached hydrogen (secondary N) is 2. The van der Waals surface area contributed by atoms with Crippen LogP contribution in [0.2, 0.25) is 0 Å². The van der Waals surface area contributed by atoms with Gasteiger partial charge in [0.25, 0.3) is 0 Å². The van der Waals surface area contributed by atoms with Crippen LogP contribution in [0.15, 0.2) is 0 Å². The van der Waals surface area contributed by atoms with Gasteiger partial charge < -0.3 is 10.6 Å². The molecule has 0 aromatic heterocycles. The molecule has 1 heterocycles. The predicted molar refractivity (Wildman–Crippen MR) is 81.3 cm³/mol. The SMILES string of the molecule is CC1(CNC2CCCCC2C2CCCN2)CCCC1. The van der Waals surface area contributed by atoms with Gasteiger partial charge in [-0.15, -0.1) is 0 Å². The molecule has 0 aromatic carbocycles. The quantitative estimate of drug-likeness (QED) is 0.812. The van der Waals surface area contributed by atoms with Crippen LogP contribution in [0, 0.1) is 11.3 Å². The van der Waals surface area contributed by atoms with Crippen LogP contribution in [-0.2, 0) is 0 Å². The first-order chi connectivity index (χ1) is 9.27. The van der Waals surface area contributed by atoms with Crippen molar-refractivity contribution in [1.29, 1.82) is 0 Å². The highest BCUT2D eigenvalue weighted by Crippen LogP contribution is 2.38. The number of rotatable bonds is 4. The summed E-state index contributed by atoms with van der Waals surface area (Å²) in [6.45, 7) is 5.02. The molecular formula is C17H32N2. The summed E-state index contributed by atoms with van der Waals surface area (Å²) in [5.74, 6) is 0.904. The second kappa shape index (κ2) is 6.13. The summed E-state index contributed by atoms with van der Waals surface area (Å²) in [4.78, 5) is 0. The summed E-state index contributed by atoms with van der Waals surface area (Å²) in [7, 11) is 0. The lowest BCUT2D eigenvalue weighted by Gasteiger charge is -2.38. The predicted octanol–water partition coefficient (Wildman–Crippen LogP) is 3.47. The highest BCUT2D eigenvalue weighted by molar-refractivity contribution is 4.93. The van der Waals surface area contributed by atoms with E-state index in [0.717, 1.165) is 18.0 Å². The van der Waals surface area contributed by atoms with Gasteiger partial charge in [-0.2, -0.15) is 0 Å². The smallest absolute Gasteiger partial charge is 0.0111 e. The molecule has 2 heteroatoms. The standard InChI is InChI=1S/C17H32N2/c1-17(10-4-5-11-17)13-19-16-8-3-2-7-14(16)15-9-6-12-18-15/h14-16,18-19H,2-13H2,1H3. The molecule has 3 atom stereocenters. The second-order valence-electron chi connectivity index (χ2n) is 7.66. The van der Waals surface area contributed by atoms with Gasteiger partial charge in [0, 0.05) is 18.6 Å². The molecule has 3 rings (SSSR count). The highest BCUT2D eigenvalue weighted by atomic mass is 15.0. The van der Waals surface area contributed by atoms with Crippen molar-refractivity contribution in [2.24, 2.45) is 11.3 Å². The van der Waals surface area contributed by atoms with Crippen LogP contribution in [-0.4, -0.2) is 25.2 Å². The number of hydrogen-bond donors (Lipinski definition) is 2. The van der Waals surface area contributed by atoms with Crippen LogP contribution in [0.5, 0.6) is 0 Å². The van der Waals surface area contributed by atoms with Gasteiger partial charge in [0.05, 0.1) is 0 Å². The van der Waals surface area contributed by atoms with Gasteiger partial charge in [-0.3, -0.25) is 0 Å². The monoisotopic (exact) mass is 264 g/mol. The third kappa shape index (κ3) is 3.33. The molecule has 110 valence electrons. The Bertz CT molecular complexity index is 277. The third-order valence-corrected chi connectivity index (χ3v) is 6.04. The number of hydrogen-bond acceptors (Lipinski definition) is 2. The van der Waals surface area contributed by atoms with E-state index in [1.807, 2.05) is 0 Å². The van der Waals surface area contributed by atoms with E-state index in [0.29, 0.717) is 5.41 Å². The largest absolute Gasteiger partial charge is 0.314 e. The maximum atomic E-state index is 3.99. The second-order valence-corrected chi connectivity index (χ2v) is 7.66. The molecule has 2 nitrogen and oxygen atoms in total. The Balaban J connectivity index is 1.54. The Labute approximate surface area is 119 Å². The van der Waals surface area contributed by atoms with E-state index in [1.54, 1.807) is 0 Å². The first kappa shape index (κ1) is 13.9. The zero-order chi connectivity index (χ0) is 13.1. The van der Waals surface area contributed by atoms with Gasteiger partial charge in [-0.05, 0) is 56.4 Å². The molecule has 2 aliphatic carbocycles. The Kier molecular flexibility index (Phi) is 4.48. The molecule has 2 N–H and O–H groups in total. The van der Waals surface area contributed by atoms with Crippen LogP contribution in [0.25, 0.3) is 0 Å². The van der Waals surface area contributed by atoms with Gasteiger partial charge in [0.1, 0.15) is 0 Å². The lowest BCUT2D eigenvalue weighted by atomic mass is 9.78. The molecule has 3 fully saturated rings. The van der Waals surface area contributed by atoms with E-state index in [1.165, 1.54) is 77.3 Å². The maximum Gasteiger partial charge on any atom is 0.0111 e. The molecule has 2 saturated carbocycles. The minimum Gasteiger partial charge on any atom is -0.314 e. The van der Waals surface area contributed by atoms with Crippen LogP contribution in [0.1, 0.15) is 71.1 Å². The fraction of sp³-hybridized carbons (Fsp3) is 1.00. The first-order valence-corrected chi connectivity index (χ1v) is 8.74. The lowest BCUT2D eigenvalue weighted by molar-refractivity contribution is 0.190. The van der Waals surface area contributed by atoms with Gasteiger partial charge in [-0.1, -0.05) is 32.6 Å². The lowest BCUT2D eigenvalue weighted by Crippen LogP contribution is -2.49. The van der Waals surface area contributed by atoms with Crippen LogP contribution in [0.3, 0.4) is 0 Å². The molecule has 0 radical (unpaired) electrons. The van der Waals surface area contributed by atoms with Crippen molar-refractivity contribution in [1.82, 2.24) is 10.6 Å². The van der Waals surface area contributed by atoms with E-state index in [2.05, 4.69) is 17.6 Å². The van der Waals surface area contributed by atoms with E-state index < -0.39 is 0 Å². The average molecular weight is 264 g/mol. The molecule has 0 spiro atoms. The molecule has 0 amide bonds. The van der Waals surface area contributed by atoms with Gasteiger partial charge in [0.2, 0.25) is 0 Å². The Hall–Kier alpha value is -0.0800. The Morgan fingerprint density at radius 2 is 1.79 bits per heavy atom. The summed E-state index contributed by atoms with van der Waals surface area (Å²) in [5, 5.41) is 7.74. The fourth-order valence-corrected chi connectivity index (χ4v) is 4.75. The van der Waals surface area contributed by atoms with Crippen molar-refractivity contribution in [2.45, 2.75) is 83.2 Å². The fourth-order valence-electron chi connectivity index (χ4n) is 4.75. The highest BCUT2D eigenvalue weighted by Gasteiger charge is 2.35. The minimum atomic E-state index is 0.602. The van der Waals surface area contributed by atoms with Crippen molar-refractivity contribution >= 4 is 0 Å². The zero-order valence-corrected chi connectivity index (χ0v) is 12.7.